The largest absolute Gasteiger partial charge is 0.496 e. The maximum atomic E-state index is 12.3. The predicted molar refractivity (Wildman–Crippen MR) is 93.4 cm³/mol. The Balaban J connectivity index is 2.06. The quantitative estimate of drug-likeness (QED) is 0.764. The van der Waals surface area contributed by atoms with Gasteiger partial charge in [-0.1, -0.05) is 12.1 Å². The molecule has 2 aromatic rings. The van der Waals surface area contributed by atoms with E-state index in [0.717, 1.165) is 0 Å². The number of hydrogen-bond donors (Lipinski definition) is 1. The number of carbonyl (C=O) groups is 3. The average Bonchev–Trinajstić information content (AvgIpc) is 2.94. The fourth-order valence-electron chi connectivity index (χ4n) is 2.59. The number of nitrogens with one attached hydrogen (secondary N) is 1. The highest BCUT2D eigenvalue weighted by atomic mass is 16.5. The van der Waals surface area contributed by atoms with Crippen molar-refractivity contribution < 1.29 is 23.5 Å². The summed E-state index contributed by atoms with van der Waals surface area (Å²) in [7, 11) is 1.47. The molecule has 26 heavy (non-hydrogen) atoms. The van der Waals surface area contributed by atoms with Gasteiger partial charge in [0.1, 0.15) is 23.1 Å². The maximum absolute atomic E-state index is 12.3. The molecule has 7 nitrogen and oxygen atoms in total. The second kappa shape index (κ2) is 8.12. The van der Waals surface area contributed by atoms with Gasteiger partial charge in [-0.05, 0) is 26.0 Å². The zero-order valence-corrected chi connectivity index (χ0v) is 14.7. The van der Waals surface area contributed by atoms with Gasteiger partial charge in [-0.3, -0.25) is 19.7 Å². The van der Waals surface area contributed by atoms with Crippen LogP contribution in [0.5, 0.6) is 5.75 Å². The van der Waals surface area contributed by atoms with Crippen molar-refractivity contribution in [1.82, 2.24) is 0 Å². The van der Waals surface area contributed by atoms with Gasteiger partial charge in [0.25, 0.3) is 0 Å². The molecule has 0 aliphatic rings. The Kier molecular flexibility index (Phi) is 5.91. The summed E-state index contributed by atoms with van der Waals surface area (Å²) < 4.78 is 10.4. The van der Waals surface area contributed by atoms with E-state index in [-0.39, 0.29) is 47.2 Å². The highest BCUT2D eigenvalue weighted by Gasteiger charge is 2.22. The summed E-state index contributed by atoms with van der Waals surface area (Å²) >= 11 is 0. The van der Waals surface area contributed by atoms with Crippen molar-refractivity contribution in [2.75, 3.05) is 12.4 Å². The number of amides is 1. The molecule has 134 valence electrons. The summed E-state index contributed by atoms with van der Waals surface area (Å²) in [5.41, 5.74) is 0.528. The summed E-state index contributed by atoms with van der Waals surface area (Å²) in [5, 5.41) is 11.7. The van der Waals surface area contributed by atoms with Crippen LogP contribution in [0.4, 0.5) is 5.88 Å². The lowest BCUT2D eigenvalue weighted by atomic mass is 10.1. The lowest BCUT2D eigenvalue weighted by Crippen LogP contribution is -2.14. The van der Waals surface area contributed by atoms with Crippen molar-refractivity contribution >= 4 is 23.4 Å². The highest BCUT2D eigenvalue weighted by Crippen LogP contribution is 2.27. The summed E-state index contributed by atoms with van der Waals surface area (Å²) in [6.45, 7) is 2.86. The molecule has 0 fully saturated rings. The van der Waals surface area contributed by atoms with Gasteiger partial charge in [0, 0.05) is 12.8 Å². The van der Waals surface area contributed by atoms with Crippen molar-refractivity contribution in [3.8, 4) is 11.8 Å². The van der Waals surface area contributed by atoms with E-state index >= 15 is 0 Å². The van der Waals surface area contributed by atoms with E-state index in [9.17, 15) is 19.6 Å². The third kappa shape index (κ3) is 3.98. The van der Waals surface area contributed by atoms with Crippen molar-refractivity contribution in [2.45, 2.75) is 26.7 Å². The van der Waals surface area contributed by atoms with Crippen LogP contribution in [0.15, 0.2) is 28.7 Å². The number of rotatable bonds is 7. The molecule has 1 amide bonds. The van der Waals surface area contributed by atoms with E-state index in [1.165, 1.54) is 14.0 Å². The summed E-state index contributed by atoms with van der Waals surface area (Å²) in [6, 6.07) is 8.62. The summed E-state index contributed by atoms with van der Waals surface area (Å²) in [6.07, 6.45) is -0.135. The first-order valence-electron chi connectivity index (χ1n) is 7.89. The van der Waals surface area contributed by atoms with Gasteiger partial charge in [-0.15, -0.1) is 0 Å². The molecule has 0 saturated carbocycles. The van der Waals surface area contributed by atoms with Gasteiger partial charge in [0.2, 0.25) is 11.8 Å². The lowest BCUT2D eigenvalue weighted by molar-refractivity contribution is -0.116. The SMILES string of the molecule is COc1ccccc1C(=O)CCC(=O)Nc1oc(C)c(C(C)=O)c1C#N. The molecule has 0 saturated heterocycles. The predicted octanol–water partition coefficient (Wildman–Crippen LogP) is 3.27. The summed E-state index contributed by atoms with van der Waals surface area (Å²) in [5.74, 6) is -0.432. The molecule has 1 N–H and O–H groups in total. The van der Waals surface area contributed by atoms with Crippen LogP contribution >= 0.6 is 0 Å². The average molecular weight is 354 g/mol. The van der Waals surface area contributed by atoms with Gasteiger partial charge in [0.05, 0.1) is 18.2 Å². The van der Waals surface area contributed by atoms with Crippen LogP contribution in [0.3, 0.4) is 0 Å². The van der Waals surface area contributed by atoms with Gasteiger partial charge < -0.3 is 9.15 Å². The molecule has 2 rings (SSSR count). The van der Waals surface area contributed by atoms with E-state index in [0.29, 0.717) is 11.3 Å². The topological polar surface area (TPSA) is 109 Å². The number of aryl methyl sites for hydroxylation is 1. The first-order valence-corrected chi connectivity index (χ1v) is 7.89. The molecule has 0 aliphatic carbocycles. The fraction of sp³-hybridized carbons (Fsp3) is 0.263. The van der Waals surface area contributed by atoms with Crippen LogP contribution in [0, 0.1) is 18.3 Å². The molecule has 1 aromatic heterocycles. The Hall–Kier alpha value is -3.40. The number of ether oxygens (including phenoxy) is 1. The van der Waals surface area contributed by atoms with Crippen molar-refractivity contribution in [3.63, 3.8) is 0 Å². The molecular weight excluding hydrogens is 336 g/mol. The first kappa shape index (κ1) is 18.9. The van der Waals surface area contributed by atoms with Crippen LogP contribution in [-0.2, 0) is 4.79 Å². The molecule has 0 unspecified atom stereocenters. The van der Waals surface area contributed by atoms with Crippen LogP contribution in [0.2, 0.25) is 0 Å². The number of carbonyl (C=O) groups excluding carboxylic acids is 3. The Morgan fingerprint density at radius 3 is 2.54 bits per heavy atom. The van der Waals surface area contributed by atoms with E-state index in [4.69, 9.17) is 9.15 Å². The minimum atomic E-state index is -0.492. The third-order valence-corrected chi connectivity index (χ3v) is 3.79. The summed E-state index contributed by atoms with van der Waals surface area (Å²) in [4.78, 5) is 36.0. The van der Waals surface area contributed by atoms with Gasteiger partial charge in [0.15, 0.2) is 11.6 Å². The molecule has 1 aromatic carbocycles. The van der Waals surface area contributed by atoms with Crippen molar-refractivity contribution in [3.05, 3.63) is 46.7 Å². The van der Waals surface area contributed by atoms with Crippen LogP contribution in [-0.4, -0.2) is 24.6 Å². The van der Waals surface area contributed by atoms with Crippen molar-refractivity contribution in [1.29, 1.82) is 5.26 Å². The van der Waals surface area contributed by atoms with E-state index in [1.54, 1.807) is 31.2 Å². The zero-order chi connectivity index (χ0) is 19.3. The number of para-hydroxylation sites is 1. The minimum absolute atomic E-state index is 0.0144. The van der Waals surface area contributed by atoms with Gasteiger partial charge in [-0.25, -0.2) is 0 Å². The smallest absolute Gasteiger partial charge is 0.227 e. The molecule has 0 radical (unpaired) electrons. The van der Waals surface area contributed by atoms with Gasteiger partial charge >= 0.3 is 0 Å². The number of benzene rings is 1. The number of furan rings is 1. The molecule has 1 heterocycles. The molecule has 7 heteroatoms. The molecule has 0 spiro atoms. The Morgan fingerprint density at radius 2 is 1.92 bits per heavy atom. The highest BCUT2D eigenvalue weighted by molar-refractivity contribution is 6.03. The number of Topliss-reactive ketones (excluding diaryl/α,β-unsaturated/α-hetero) is 2. The van der Waals surface area contributed by atoms with Crippen LogP contribution in [0.1, 0.15) is 51.8 Å². The minimum Gasteiger partial charge on any atom is -0.496 e. The molecular formula is C19H18N2O5. The van der Waals surface area contributed by atoms with Gasteiger partial charge in [-0.2, -0.15) is 5.26 Å². The van der Waals surface area contributed by atoms with Crippen molar-refractivity contribution in [2.24, 2.45) is 0 Å². The number of methoxy groups -OCH3 is 1. The first-order chi connectivity index (χ1) is 12.4. The number of hydrogen-bond acceptors (Lipinski definition) is 6. The van der Waals surface area contributed by atoms with E-state index in [1.807, 2.05) is 6.07 Å². The normalized spacial score (nSPS) is 10.1. The Labute approximate surface area is 150 Å². The van der Waals surface area contributed by atoms with E-state index < -0.39 is 5.91 Å². The van der Waals surface area contributed by atoms with Crippen LogP contribution in [0.25, 0.3) is 0 Å². The monoisotopic (exact) mass is 354 g/mol. The number of nitriles is 1. The second-order valence-corrected chi connectivity index (χ2v) is 5.58. The third-order valence-electron chi connectivity index (χ3n) is 3.79. The number of nitrogens with zero attached hydrogens (tertiary/aromatic N) is 1. The lowest BCUT2D eigenvalue weighted by Gasteiger charge is -2.07. The van der Waals surface area contributed by atoms with Crippen LogP contribution < -0.4 is 10.1 Å². The second-order valence-electron chi connectivity index (χ2n) is 5.58. The molecule has 0 aliphatic heterocycles. The number of anilines is 1. The standard InChI is InChI=1S/C19H18N2O5/c1-11(22)18-12(2)26-19(14(18)10-20)21-17(24)9-8-15(23)13-6-4-5-7-16(13)25-3/h4-7H,8-9H2,1-3H3,(H,21,24). The Morgan fingerprint density at radius 1 is 1.23 bits per heavy atom. The fourth-order valence-corrected chi connectivity index (χ4v) is 2.59. The maximum Gasteiger partial charge on any atom is 0.227 e. The zero-order valence-electron chi connectivity index (χ0n) is 14.7. The Bertz CT molecular complexity index is 905. The number of ketones is 2. The molecule has 0 bridgehead atoms. The molecule has 0 atom stereocenters. The van der Waals surface area contributed by atoms with E-state index in [2.05, 4.69) is 5.32 Å².